The van der Waals surface area contributed by atoms with Crippen molar-refractivity contribution in [2.45, 2.75) is 17.0 Å². The number of nitrogens with zero attached hydrogens (tertiary/aromatic N) is 2. The number of hydrogen-bond donors (Lipinski definition) is 1. The Balaban J connectivity index is 1.43. The van der Waals surface area contributed by atoms with Gasteiger partial charge in [-0.05, 0) is 35.4 Å². The smallest absolute Gasteiger partial charge is 0.261 e. The number of nitrogens with one attached hydrogen (secondary N) is 1. The minimum Gasteiger partial charge on any atom is -0.493 e. The molecule has 0 atom stereocenters. The van der Waals surface area contributed by atoms with E-state index in [1.165, 1.54) is 27.7 Å². The zero-order valence-corrected chi connectivity index (χ0v) is 17.4. The fraction of sp³-hybridized carbons (Fsp3) is 0.136. The molecular formula is C22H19N3O2S2. The predicted octanol–water partition coefficient (Wildman–Crippen LogP) is 5.63. The van der Waals surface area contributed by atoms with Crippen molar-refractivity contribution in [1.29, 1.82) is 0 Å². The Morgan fingerprint density at radius 2 is 1.83 bits per heavy atom. The quantitative estimate of drug-likeness (QED) is 0.309. The van der Waals surface area contributed by atoms with E-state index in [0.717, 1.165) is 10.1 Å². The van der Waals surface area contributed by atoms with E-state index < -0.39 is 0 Å². The van der Waals surface area contributed by atoms with Gasteiger partial charge in [-0.1, -0.05) is 77.7 Å². The molecule has 1 amide bonds. The lowest BCUT2D eigenvalue weighted by atomic mass is 10.1. The largest absolute Gasteiger partial charge is 0.493 e. The van der Waals surface area contributed by atoms with Crippen molar-refractivity contribution < 1.29 is 9.53 Å². The summed E-state index contributed by atoms with van der Waals surface area (Å²) in [5.41, 5.74) is 1.73. The van der Waals surface area contributed by atoms with E-state index in [2.05, 4.69) is 51.9 Å². The Bertz CT molecular complexity index is 1140. The van der Waals surface area contributed by atoms with Crippen LogP contribution >= 0.6 is 23.1 Å². The maximum absolute atomic E-state index is 12.6. The maximum atomic E-state index is 12.6. The second-order valence-electron chi connectivity index (χ2n) is 6.18. The molecular weight excluding hydrogens is 402 g/mol. The van der Waals surface area contributed by atoms with E-state index in [0.29, 0.717) is 23.1 Å². The highest BCUT2D eigenvalue weighted by Crippen LogP contribution is 2.31. The van der Waals surface area contributed by atoms with Crippen molar-refractivity contribution >= 4 is 44.9 Å². The van der Waals surface area contributed by atoms with Crippen molar-refractivity contribution in [3.05, 3.63) is 77.9 Å². The summed E-state index contributed by atoms with van der Waals surface area (Å²) in [6.45, 7) is 2.39. The van der Waals surface area contributed by atoms with Crippen LogP contribution in [0.4, 0.5) is 5.13 Å². The molecule has 1 aromatic heterocycles. The van der Waals surface area contributed by atoms with E-state index in [1.54, 1.807) is 23.9 Å². The third-order valence-electron chi connectivity index (χ3n) is 4.29. The van der Waals surface area contributed by atoms with E-state index in [-0.39, 0.29) is 5.91 Å². The monoisotopic (exact) mass is 421 g/mol. The zero-order valence-electron chi connectivity index (χ0n) is 15.8. The van der Waals surface area contributed by atoms with Gasteiger partial charge in [0.25, 0.3) is 5.91 Å². The van der Waals surface area contributed by atoms with Crippen molar-refractivity contribution in [3.63, 3.8) is 0 Å². The summed E-state index contributed by atoms with van der Waals surface area (Å²) >= 11 is 2.98. The predicted molar refractivity (Wildman–Crippen MR) is 119 cm³/mol. The number of benzene rings is 3. The van der Waals surface area contributed by atoms with Crippen LogP contribution < -0.4 is 10.1 Å². The van der Waals surface area contributed by atoms with Crippen molar-refractivity contribution in [2.24, 2.45) is 0 Å². The molecule has 0 unspecified atom stereocenters. The average Bonchev–Trinajstić information content (AvgIpc) is 3.20. The Hall–Kier alpha value is -2.90. The van der Waals surface area contributed by atoms with Gasteiger partial charge in [0, 0.05) is 5.75 Å². The molecule has 0 saturated heterocycles. The first-order valence-electron chi connectivity index (χ1n) is 9.20. The standard InChI is InChI=1S/C22H19N3O2S2/c1-2-27-19-13-6-5-12-18(19)20(26)23-21-24-25-22(29-21)28-14-16-10-7-9-15-8-3-4-11-17(15)16/h3-13H,2,14H2,1H3,(H,23,24,26). The van der Waals surface area contributed by atoms with Crippen LogP contribution in [-0.2, 0) is 5.75 Å². The molecule has 3 aromatic carbocycles. The second kappa shape index (κ2) is 9.07. The SMILES string of the molecule is CCOc1ccccc1C(=O)Nc1nnc(SCc2cccc3ccccc23)s1. The molecule has 0 spiro atoms. The van der Waals surface area contributed by atoms with Crippen molar-refractivity contribution in [3.8, 4) is 5.75 Å². The Morgan fingerprint density at radius 1 is 1.03 bits per heavy atom. The molecule has 29 heavy (non-hydrogen) atoms. The van der Waals surface area contributed by atoms with Gasteiger partial charge in [0.05, 0.1) is 12.2 Å². The van der Waals surface area contributed by atoms with E-state index in [4.69, 9.17) is 4.74 Å². The summed E-state index contributed by atoms with van der Waals surface area (Å²) in [6, 6.07) is 21.8. The summed E-state index contributed by atoms with van der Waals surface area (Å²) in [4.78, 5) is 12.6. The van der Waals surface area contributed by atoms with Crippen LogP contribution in [0.25, 0.3) is 10.8 Å². The van der Waals surface area contributed by atoms with E-state index in [9.17, 15) is 4.79 Å². The topological polar surface area (TPSA) is 64.1 Å². The van der Waals surface area contributed by atoms with Crippen LogP contribution in [0.2, 0.25) is 0 Å². The molecule has 1 N–H and O–H groups in total. The van der Waals surface area contributed by atoms with Crippen molar-refractivity contribution in [1.82, 2.24) is 10.2 Å². The molecule has 0 radical (unpaired) electrons. The number of rotatable bonds is 7. The first-order chi connectivity index (χ1) is 14.2. The molecule has 0 aliphatic heterocycles. The number of anilines is 1. The highest BCUT2D eigenvalue weighted by Gasteiger charge is 2.15. The number of para-hydroxylation sites is 1. The molecule has 5 nitrogen and oxygen atoms in total. The third-order valence-corrected chi connectivity index (χ3v) is 6.31. The van der Waals surface area contributed by atoms with Crippen LogP contribution in [0.5, 0.6) is 5.75 Å². The third kappa shape index (κ3) is 4.58. The number of aromatic nitrogens is 2. The molecule has 4 rings (SSSR count). The second-order valence-corrected chi connectivity index (χ2v) is 8.38. The van der Waals surface area contributed by atoms with E-state index >= 15 is 0 Å². The first kappa shape index (κ1) is 19.4. The molecule has 7 heteroatoms. The van der Waals surface area contributed by atoms with Crippen LogP contribution in [-0.4, -0.2) is 22.7 Å². The lowest BCUT2D eigenvalue weighted by Gasteiger charge is -2.08. The normalized spacial score (nSPS) is 10.8. The molecule has 0 aliphatic rings. The molecule has 4 aromatic rings. The average molecular weight is 422 g/mol. The van der Waals surface area contributed by atoms with Crippen molar-refractivity contribution in [2.75, 3.05) is 11.9 Å². The van der Waals surface area contributed by atoms with Gasteiger partial charge in [-0.3, -0.25) is 10.1 Å². The first-order valence-corrected chi connectivity index (χ1v) is 11.0. The minimum atomic E-state index is -0.254. The van der Waals surface area contributed by atoms with Gasteiger partial charge < -0.3 is 4.74 Å². The summed E-state index contributed by atoms with van der Waals surface area (Å²) in [5.74, 6) is 1.09. The lowest BCUT2D eigenvalue weighted by molar-refractivity contribution is 0.102. The van der Waals surface area contributed by atoms with Gasteiger partial charge in [-0.15, -0.1) is 10.2 Å². The molecule has 1 heterocycles. The minimum absolute atomic E-state index is 0.254. The number of carbonyl (C=O) groups is 1. The Morgan fingerprint density at radius 3 is 2.72 bits per heavy atom. The van der Waals surface area contributed by atoms with Gasteiger partial charge in [0.1, 0.15) is 5.75 Å². The Labute approximate surface area is 177 Å². The molecule has 0 aliphatic carbocycles. The highest BCUT2D eigenvalue weighted by molar-refractivity contribution is 8.00. The number of thioether (sulfide) groups is 1. The van der Waals surface area contributed by atoms with Crippen LogP contribution in [0.15, 0.2) is 71.1 Å². The molecule has 0 bridgehead atoms. The van der Waals surface area contributed by atoms with Gasteiger partial charge in [0.15, 0.2) is 4.34 Å². The van der Waals surface area contributed by atoms with Gasteiger partial charge in [-0.2, -0.15) is 0 Å². The van der Waals surface area contributed by atoms with Crippen LogP contribution in [0.1, 0.15) is 22.8 Å². The fourth-order valence-corrected chi connectivity index (χ4v) is 4.73. The lowest BCUT2D eigenvalue weighted by Crippen LogP contribution is -2.13. The summed E-state index contributed by atoms with van der Waals surface area (Å²) in [6.07, 6.45) is 0. The maximum Gasteiger partial charge on any atom is 0.261 e. The molecule has 0 fully saturated rings. The van der Waals surface area contributed by atoms with Crippen LogP contribution in [0.3, 0.4) is 0 Å². The number of amides is 1. The number of fused-ring (bicyclic) bond motifs is 1. The molecule has 146 valence electrons. The Kier molecular flexibility index (Phi) is 6.07. The van der Waals surface area contributed by atoms with Crippen LogP contribution in [0, 0.1) is 0 Å². The number of hydrogen-bond acceptors (Lipinski definition) is 6. The fourth-order valence-electron chi connectivity index (χ4n) is 2.98. The van der Waals surface area contributed by atoms with E-state index in [1.807, 2.05) is 25.1 Å². The number of ether oxygens (including phenoxy) is 1. The zero-order chi connectivity index (χ0) is 20.1. The summed E-state index contributed by atoms with van der Waals surface area (Å²) in [7, 11) is 0. The van der Waals surface area contributed by atoms with Gasteiger partial charge in [-0.25, -0.2) is 0 Å². The summed E-state index contributed by atoms with van der Waals surface area (Å²) in [5, 5.41) is 14.1. The number of carbonyl (C=O) groups excluding carboxylic acids is 1. The molecule has 0 saturated carbocycles. The highest BCUT2D eigenvalue weighted by atomic mass is 32.2. The van der Waals surface area contributed by atoms with Gasteiger partial charge >= 0.3 is 0 Å². The van der Waals surface area contributed by atoms with Gasteiger partial charge in [0.2, 0.25) is 5.13 Å². The summed E-state index contributed by atoms with van der Waals surface area (Å²) < 4.78 is 6.34.